The van der Waals surface area contributed by atoms with E-state index in [9.17, 15) is 4.79 Å². The second kappa shape index (κ2) is 6.89. The van der Waals surface area contributed by atoms with Gasteiger partial charge < -0.3 is 5.11 Å². The van der Waals surface area contributed by atoms with E-state index in [0.29, 0.717) is 5.92 Å². The quantitative estimate of drug-likeness (QED) is 0.864. The fourth-order valence-electron chi connectivity index (χ4n) is 3.02. The first-order chi connectivity index (χ1) is 9.56. The summed E-state index contributed by atoms with van der Waals surface area (Å²) in [5.74, 6) is -0.0672. The summed E-state index contributed by atoms with van der Waals surface area (Å²) in [5.41, 5.74) is 2.47. The van der Waals surface area contributed by atoms with Crippen molar-refractivity contribution in [2.45, 2.75) is 45.6 Å². The SMILES string of the molecule is CC(C)Cc1ccc(C(CC(=O)O)N2CCCC2)cc1. The highest BCUT2D eigenvalue weighted by Gasteiger charge is 2.25. The zero-order chi connectivity index (χ0) is 14.5. The molecule has 1 heterocycles. The van der Waals surface area contributed by atoms with Crippen LogP contribution in [0.15, 0.2) is 24.3 Å². The molecule has 20 heavy (non-hydrogen) atoms. The van der Waals surface area contributed by atoms with Crippen molar-refractivity contribution in [3.8, 4) is 0 Å². The standard InChI is InChI=1S/C17H25NO2/c1-13(2)11-14-5-7-15(8-6-14)16(12-17(19)20)18-9-3-4-10-18/h5-8,13,16H,3-4,9-12H2,1-2H3,(H,19,20). The summed E-state index contributed by atoms with van der Waals surface area (Å²) in [6, 6.07) is 8.57. The van der Waals surface area contributed by atoms with Gasteiger partial charge in [-0.15, -0.1) is 0 Å². The molecule has 0 saturated carbocycles. The highest BCUT2D eigenvalue weighted by molar-refractivity contribution is 5.68. The largest absolute Gasteiger partial charge is 0.481 e. The molecular formula is C17H25NO2. The zero-order valence-electron chi connectivity index (χ0n) is 12.5. The van der Waals surface area contributed by atoms with Crippen molar-refractivity contribution < 1.29 is 9.90 Å². The second-order valence-electron chi connectivity index (χ2n) is 6.20. The number of rotatable bonds is 6. The molecule has 1 N–H and O–H groups in total. The van der Waals surface area contributed by atoms with E-state index in [1.54, 1.807) is 0 Å². The summed E-state index contributed by atoms with van der Waals surface area (Å²) in [6.07, 6.45) is 3.64. The van der Waals surface area contributed by atoms with Crippen molar-refractivity contribution in [3.63, 3.8) is 0 Å². The molecule has 3 nitrogen and oxygen atoms in total. The number of nitrogens with zero attached hydrogens (tertiary/aromatic N) is 1. The number of benzene rings is 1. The Kier molecular flexibility index (Phi) is 5.18. The van der Waals surface area contributed by atoms with Gasteiger partial charge in [-0.2, -0.15) is 0 Å². The Hall–Kier alpha value is -1.35. The molecule has 1 aromatic carbocycles. The number of carboxylic acid groups (broad SMARTS) is 1. The molecule has 0 radical (unpaired) electrons. The number of hydrogen-bond acceptors (Lipinski definition) is 2. The van der Waals surface area contributed by atoms with E-state index < -0.39 is 5.97 Å². The molecule has 0 aromatic heterocycles. The number of carboxylic acids is 1. The van der Waals surface area contributed by atoms with Crippen LogP contribution in [0.3, 0.4) is 0 Å². The summed E-state index contributed by atoms with van der Waals surface area (Å²) < 4.78 is 0. The molecule has 0 aliphatic carbocycles. The number of hydrogen-bond donors (Lipinski definition) is 1. The normalized spacial score (nSPS) is 17.6. The van der Waals surface area contributed by atoms with Gasteiger partial charge in [-0.3, -0.25) is 9.69 Å². The summed E-state index contributed by atoms with van der Waals surface area (Å²) >= 11 is 0. The van der Waals surface area contributed by atoms with Gasteiger partial charge in [0.15, 0.2) is 0 Å². The predicted molar refractivity (Wildman–Crippen MR) is 80.8 cm³/mol. The van der Waals surface area contributed by atoms with Crippen LogP contribution in [0, 0.1) is 5.92 Å². The van der Waals surface area contributed by atoms with Crippen molar-refractivity contribution in [1.82, 2.24) is 4.90 Å². The molecule has 1 fully saturated rings. The van der Waals surface area contributed by atoms with E-state index in [4.69, 9.17) is 5.11 Å². The molecule has 1 unspecified atom stereocenters. The molecular weight excluding hydrogens is 250 g/mol. The minimum absolute atomic E-state index is 0.0306. The highest BCUT2D eigenvalue weighted by atomic mass is 16.4. The smallest absolute Gasteiger partial charge is 0.305 e. The van der Waals surface area contributed by atoms with Crippen LogP contribution in [0.4, 0.5) is 0 Å². The molecule has 110 valence electrons. The van der Waals surface area contributed by atoms with E-state index in [1.165, 1.54) is 18.4 Å². The molecule has 0 amide bonds. The third-order valence-electron chi connectivity index (χ3n) is 3.96. The van der Waals surface area contributed by atoms with Crippen LogP contribution < -0.4 is 0 Å². The monoisotopic (exact) mass is 275 g/mol. The van der Waals surface area contributed by atoms with Crippen LogP contribution >= 0.6 is 0 Å². The van der Waals surface area contributed by atoms with E-state index in [0.717, 1.165) is 25.1 Å². The Balaban J connectivity index is 2.13. The molecule has 0 bridgehead atoms. The van der Waals surface area contributed by atoms with Gasteiger partial charge in [0.05, 0.1) is 6.42 Å². The zero-order valence-corrected chi connectivity index (χ0v) is 12.5. The molecule has 1 saturated heterocycles. The first kappa shape index (κ1) is 15.0. The first-order valence-corrected chi connectivity index (χ1v) is 7.61. The number of likely N-dealkylation sites (tertiary alicyclic amines) is 1. The van der Waals surface area contributed by atoms with Gasteiger partial charge in [-0.1, -0.05) is 38.1 Å². The van der Waals surface area contributed by atoms with Crippen LogP contribution in [0.1, 0.15) is 50.3 Å². The first-order valence-electron chi connectivity index (χ1n) is 7.61. The van der Waals surface area contributed by atoms with Gasteiger partial charge >= 0.3 is 5.97 Å². The van der Waals surface area contributed by atoms with Crippen LogP contribution in [0.25, 0.3) is 0 Å². The Morgan fingerprint density at radius 1 is 1.20 bits per heavy atom. The number of carbonyl (C=O) groups is 1. The minimum atomic E-state index is -0.715. The lowest BCUT2D eigenvalue weighted by atomic mass is 9.97. The fourth-order valence-corrected chi connectivity index (χ4v) is 3.02. The molecule has 1 aromatic rings. The van der Waals surface area contributed by atoms with Gasteiger partial charge in [0.25, 0.3) is 0 Å². The van der Waals surface area contributed by atoms with Crippen molar-refractivity contribution in [3.05, 3.63) is 35.4 Å². The lowest BCUT2D eigenvalue weighted by Crippen LogP contribution is -2.27. The van der Waals surface area contributed by atoms with E-state index in [1.807, 2.05) is 0 Å². The van der Waals surface area contributed by atoms with Crippen LogP contribution in [-0.2, 0) is 11.2 Å². The van der Waals surface area contributed by atoms with Gasteiger partial charge in [0.2, 0.25) is 0 Å². The Morgan fingerprint density at radius 3 is 2.30 bits per heavy atom. The van der Waals surface area contributed by atoms with Gasteiger partial charge in [0, 0.05) is 6.04 Å². The van der Waals surface area contributed by atoms with E-state index in [2.05, 4.69) is 43.0 Å². The summed E-state index contributed by atoms with van der Waals surface area (Å²) in [4.78, 5) is 13.4. The van der Waals surface area contributed by atoms with Crippen molar-refractivity contribution >= 4 is 5.97 Å². The van der Waals surface area contributed by atoms with Crippen LogP contribution in [-0.4, -0.2) is 29.1 Å². The molecule has 2 rings (SSSR count). The average Bonchev–Trinajstić information content (AvgIpc) is 2.90. The molecule has 1 aliphatic rings. The third-order valence-corrected chi connectivity index (χ3v) is 3.96. The summed E-state index contributed by atoms with van der Waals surface area (Å²) in [7, 11) is 0. The molecule has 1 aliphatic heterocycles. The Bertz CT molecular complexity index is 433. The maximum Gasteiger partial charge on any atom is 0.305 e. The maximum atomic E-state index is 11.1. The summed E-state index contributed by atoms with van der Waals surface area (Å²) in [6.45, 7) is 6.47. The maximum absolute atomic E-state index is 11.1. The van der Waals surface area contributed by atoms with Crippen molar-refractivity contribution in [2.24, 2.45) is 5.92 Å². The lowest BCUT2D eigenvalue weighted by Gasteiger charge is -2.26. The second-order valence-corrected chi connectivity index (χ2v) is 6.20. The third kappa shape index (κ3) is 4.07. The lowest BCUT2D eigenvalue weighted by molar-refractivity contribution is -0.138. The van der Waals surface area contributed by atoms with E-state index >= 15 is 0 Å². The highest BCUT2D eigenvalue weighted by Crippen LogP contribution is 2.28. The summed E-state index contributed by atoms with van der Waals surface area (Å²) in [5, 5.41) is 9.15. The number of aliphatic carboxylic acids is 1. The van der Waals surface area contributed by atoms with Gasteiger partial charge in [-0.05, 0) is 49.4 Å². The molecule has 0 spiro atoms. The minimum Gasteiger partial charge on any atom is -0.481 e. The molecule has 1 atom stereocenters. The van der Waals surface area contributed by atoms with Gasteiger partial charge in [0.1, 0.15) is 0 Å². The van der Waals surface area contributed by atoms with Crippen LogP contribution in [0.2, 0.25) is 0 Å². The van der Waals surface area contributed by atoms with Crippen molar-refractivity contribution in [2.75, 3.05) is 13.1 Å². The van der Waals surface area contributed by atoms with Crippen LogP contribution in [0.5, 0.6) is 0 Å². The Morgan fingerprint density at radius 2 is 1.80 bits per heavy atom. The fraction of sp³-hybridized carbons (Fsp3) is 0.588. The van der Waals surface area contributed by atoms with Gasteiger partial charge in [-0.25, -0.2) is 0 Å². The van der Waals surface area contributed by atoms with E-state index in [-0.39, 0.29) is 12.5 Å². The van der Waals surface area contributed by atoms with Crippen molar-refractivity contribution in [1.29, 1.82) is 0 Å². The Labute approximate surface area is 121 Å². The topological polar surface area (TPSA) is 40.5 Å². The molecule has 3 heteroatoms. The predicted octanol–water partition coefficient (Wildman–Crippen LogP) is 3.50. The average molecular weight is 275 g/mol.